The fourth-order valence-corrected chi connectivity index (χ4v) is 3.89. The van der Waals surface area contributed by atoms with Crippen LogP contribution in [0.5, 0.6) is 5.75 Å². The summed E-state index contributed by atoms with van der Waals surface area (Å²) in [5.74, 6) is -1.42. The van der Waals surface area contributed by atoms with E-state index in [1.54, 1.807) is 43.3 Å². The van der Waals surface area contributed by atoms with Gasteiger partial charge in [0, 0.05) is 11.6 Å². The molecule has 2 aromatic carbocycles. The standard InChI is InChI=1S/C26H24N2O7/c1-14(2)34-19-11-9-17(10-12-19)23(29)21-22(16-5-7-18(8-6-16)26(32)33-4)28(25(31)24(21)30)20-13-15(3)35-27-20/h5-14,22,29H,1-4H3/t22-/m1/s1. The van der Waals surface area contributed by atoms with Gasteiger partial charge in [-0.2, -0.15) is 0 Å². The minimum atomic E-state index is -1.00. The average Bonchev–Trinajstić information content (AvgIpc) is 3.38. The van der Waals surface area contributed by atoms with Crippen LogP contribution in [0.1, 0.15) is 47.1 Å². The molecule has 1 aromatic heterocycles. The Morgan fingerprint density at radius 1 is 1.06 bits per heavy atom. The van der Waals surface area contributed by atoms with Gasteiger partial charge in [0.15, 0.2) is 5.82 Å². The van der Waals surface area contributed by atoms with Crippen molar-refractivity contribution in [2.24, 2.45) is 0 Å². The van der Waals surface area contributed by atoms with E-state index in [9.17, 15) is 19.5 Å². The number of Topliss-reactive ketones (excluding diaryl/α,β-unsaturated/α-hetero) is 1. The molecule has 0 unspecified atom stereocenters. The third-order valence-electron chi connectivity index (χ3n) is 5.45. The fourth-order valence-electron chi connectivity index (χ4n) is 3.89. The van der Waals surface area contributed by atoms with Crippen LogP contribution in [-0.2, 0) is 14.3 Å². The number of esters is 1. The molecular formula is C26H24N2O7. The molecule has 4 rings (SSSR count). The molecule has 35 heavy (non-hydrogen) atoms. The summed E-state index contributed by atoms with van der Waals surface area (Å²) in [7, 11) is 1.27. The van der Waals surface area contributed by atoms with E-state index in [2.05, 4.69) is 5.16 Å². The summed E-state index contributed by atoms with van der Waals surface area (Å²) in [5, 5.41) is 15.1. The molecule has 1 N–H and O–H groups in total. The number of aryl methyl sites for hydroxylation is 1. The molecule has 1 aliphatic heterocycles. The molecule has 9 nitrogen and oxygen atoms in total. The van der Waals surface area contributed by atoms with Crippen molar-refractivity contribution in [3.63, 3.8) is 0 Å². The van der Waals surface area contributed by atoms with Crippen LogP contribution < -0.4 is 9.64 Å². The summed E-state index contributed by atoms with van der Waals surface area (Å²) in [5.41, 5.74) is 1.01. The maximum atomic E-state index is 13.2. The van der Waals surface area contributed by atoms with Crippen LogP contribution in [0.3, 0.4) is 0 Å². The highest BCUT2D eigenvalue weighted by molar-refractivity contribution is 6.51. The van der Waals surface area contributed by atoms with Crippen LogP contribution in [0, 0.1) is 6.92 Å². The number of nitrogens with zero attached hydrogens (tertiary/aromatic N) is 2. The maximum absolute atomic E-state index is 13.2. The fraction of sp³-hybridized carbons (Fsp3) is 0.231. The zero-order valence-corrected chi connectivity index (χ0v) is 19.6. The molecule has 3 aromatic rings. The van der Waals surface area contributed by atoms with Crippen LogP contribution in [0.2, 0.25) is 0 Å². The van der Waals surface area contributed by atoms with Gasteiger partial charge in [-0.15, -0.1) is 0 Å². The highest BCUT2D eigenvalue weighted by atomic mass is 16.5. The number of carbonyl (C=O) groups excluding carboxylic acids is 3. The number of hydrogen-bond donors (Lipinski definition) is 1. The number of ketones is 1. The Kier molecular flexibility index (Phi) is 6.42. The lowest BCUT2D eigenvalue weighted by molar-refractivity contribution is -0.132. The Hall–Kier alpha value is -4.40. The summed E-state index contributed by atoms with van der Waals surface area (Å²) in [6.45, 7) is 5.45. The van der Waals surface area contributed by atoms with E-state index in [0.29, 0.717) is 28.2 Å². The molecule has 1 atom stereocenters. The normalized spacial score (nSPS) is 17.2. The number of benzene rings is 2. The lowest BCUT2D eigenvalue weighted by Crippen LogP contribution is -2.29. The Morgan fingerprint density at radius 2 is 1.69 bits per heavy atom. The van der Waals surface area contributed by atoms with Crippen LogP contribution in [0.4, 0.5) is 5.82 Å². The number of carbonyl (C=O) groups is 3. The van der Waals surface area contributed by atoms with Gasteiger partial charge >= 0.3 is 11.9 Å². The predicted molar refractivity (Wildman–Crippen MR) is 126 cm³/mol. The second kappa shape index (κ2) is 9.46. The van der Waals surface area contributed by atoms with E-state index in [1.807, 2.05) is 13.8 Å². The smallest absolute Gasteiger partial charge is 0.337 e. The number of aliphatic hydroxyl groups is 1. The lowest BCUT2D eigenvalue weighted by atomic mass is 9.94. The minimum absolute atomic E-state index is 0.0290. The molecular weight excluding hydrogens is 452 g/mol. The molecule has 180 valence electrons. The molecule has 0 saturated carbocycles. The Bertz CT molecular complexity index is 1300. The molecule has 2 heterocycles. The Labute approximate surface area is 201 Å². The largest absolute Gasteiger partial charge is 0.507 e. The van der Waals surface area contributed by atoms with E-state index in [0.717, 1.165) is 0 Å². The molecule has 1 fully saturated rings. The molecule has 0 aliphatic carbocycles. The van der Waals surface area contributed by atoms with Gasteiger partial charge in [0.1, 0.15) is 17.3 Å². The van der Waals surface area contributed by atoms with Gasteiger partial charge in [0.25, 0.3) is 5.78 Å². The first-order valence-corrected chi connectivity index (χ1v) is 10.9. The van der Waals surface area contributed by atoms with E-state index in [1.165, 1.54) is 30.2 Å². The van der Waals surface area contributed by atoms with Gasteiger partial charge < -0.3 is 19.1 Å². The minimum Gasteiger partial charge on any atom is -0.507 e. The first-order valence-electron chi connectivity index (χ1n) is 10.9. The van der Waals surface area contributed by atoms with Crippen molar-refractivity contribution in [3.8, 4) is 5.75 Å². The van der Waals surface area contributed by atoms with Gasteiger partial charge in [-0.1, -0.05) is 17.3 Å². The molecule has 0 bridgehead atoms. The molecule has 1 amide bonds. The second-order valence-electron chi connectivity index (χ2n) is 8.27. The van der Waals surface area contributed by atoms with Crippen molar-refractivity contribution in [2.45, 2.75) is 32.9 Å². The zero-order chi connectivity index (χ0) is 25.3. The maximum Gasteiger partial charge on any atom is 0.337 e. The van der Waals surface area contributed by atoms with Crippen LogP contribution >= 0.6 is 0 Å². The van der Waals surface area contributed by atoms with Crippen LogP contribution in [0.25, 0.3) is 5.76 Å². The number of hydrogen-bond acceptors (Lipinski definition) is 8. The van der Waals surface area contributed by atoms with Gasteiger partial charge in [-0.25, -0.2) is 4.79 Å². The van der Waals surface area contributed by atoms with E-state index >= 15 is 0 Å². The summed E-state index contributed by atoms with van der Waals surface area (Å²) in [6, 6.07) is 13.3. The van der Waals surface area contributed by atoms with Crippen molar-refractivity contribution >= 4 is 29.2 Å². The Balaban J connectivity index is 1.84. The highest BCUT2D eigenvalue weighted by Gasteiger charge is 2.48. The zero-order valence-electron chi connectivity index (χ0n) is 19.6. The van der Waals surface area contributed by atoms with Gasteiger partial charge in [-0.05, 0) is 62.7 Å². The van der Waals surface area contributed by atoms with Crippen molar-refractivity contribution in [1.82, 2.24) is 5.16 Å². The molecule has 0 spiro atoms. The summed E-state index contributed by atoms with van der Waals surface area (Å²) in [6.07, 6.45) is -0.0290. The van der Waals surface area contributed by atoms with E-state index in [4.69, 9.17) is 14.0 Å². The number of methoxy groups -OCH3 is 1. The quantitative estimate of drug-likeness (QED) is 0.244. The van der Waals surface area contributed by atoms with Crippen molar-refractivity contribution in [1.29, 1.82) is 0 Å². The number of anilines is 1. The first kappa shape index (κ1) is 23.7. The van der Waals surface area contributed by atoms with E-state index in [-0.39, 0.29) is 23.3 Å². The third-order valence-corrected chi connectivity index (χ3v) is 5.45. The molecule has 9 heteroatoms. The molecule has 1 saturated heterocycles. The van der Waals surface area contributed by atoms with Crippen molar-refractivity contribution in [3.05, 3.63) is 82.6 Å². The highest BCUT2D eigenvalue weighted by Crippen LogP contribution is 2.42. The number of rotatable bonds is 6. The molecule has 1 aliphatic rings. The summed E-state index contributed by atoms with van der Waals surface area (Å²) in [4.78, 5) is 39.3. The number of ether oxygens (including phenoxy) is 2. The van der Waals surface area contributed by atoms with Crippen LogP contribution in [-0.4, -0.2) is 41.1 Å². The average molecular weight is 476 g/mol. The SMILES string of the molecule is COC(=O)c1ccc([C@@H]2C(=C(O)c3ccc(OC(C)C)cc3)C(=O)C(=O)N2c2cc(C)on2)cc1. The second-order valence-corrected chi connectivity index (χ2v) is 8.27. The predicted octanol–water partition coefficient (Wildman–Crippen LogP) is 4.18. The monoisotopic (exact) mass is 476 g/mol. The van der Waals surface area contributed by atoms with Gasteiger partial charge in [0.05, 0.1) is 30.4 Å². The Morgan fingerprint density at radius 3 is 2.23 bits per heavy atom. The van der Waals surface area contributed by atoms with Gasteiger partial charge in [-0.3, -0.25) is 14.5 Å². The number of aromatic nitrogens is 1. The lowest BCUT2D eigenvalue weighted by Gasteiger charge is -2.23. The summed E-state index contributed by atoms with van der Waals surface area (Å²) >= 11 is 0. The van der Waals surface area contributed by atoms with Crippen molar-refractivity contribution < 1.29 is 33.5 Å². The van der Waals surface area contributed by atoms with E-state index < -0.39 is 23.7 Å². The number of amides is 1. The summed E-state index contributed by atoms with van der Waals surface area (Å²) < 4.78 is 15.5. The third kappa shape index (κ3) is 4.52. The van der Waals surface area contributed by atoms with Crippen molar-refractivity contribution in [2.75, 3.05) is 12.0 Å². The first-order chi connectivity index (χ1) is 16.7. The van der Waals surface area contributed by atoms with Gasteiger partial charge in [0.2, 0.25) is 0 Å². The number of aliphatic hydroxyl groups excluding tert-OH is 1. The topological polar surface area (TPSA) is 119 Å². The van der Waals surface area contributed by atoms with Crippen LogP contribution in [0.15, 0.2) is 64.7 Å². The molecule has 0 radical (unpaired) electrons.